The minimum atomic E-state index is -0.0348. The van der Waals surface area contributed by atoms with Crippen LogP contribution in [0.15, 0.2) is 47.6 Å². The van der Waals surface area contributed by atoms with Gasteiger partial charge in [0.25, 0.3) is 0 Å². The van der Waals surface area contributed by atoms with Crippen LogP contribution in [0.2, 0.25) is 0 Å². The van der Waals surface area contributed by atoms with Crippen molar-refractivity contribution in [2.75, 3.05) is 5.75 Å². The van der Waals surface area contributed by atoms with E-state index in [1.165, 1.54) is 28.5 Å². The third-order valence-corrected chi connectivity index (χ3v) is 5.38. The number of aromatic nitrogens is 3. The number of aromatic amines is 1. The molecule has 2 aromatic carbocycles. The predicted molar refractivity (Wildman–Crippen MR) is 110 cm³/mol. The highest BCUT2D eigenvalue weighted by Gasteiger charge is 2.12. The summed E-state index contributed by atoms with van der Waals surface area (Å²) >= 11 is 1.32. The van der Waals surface area contributed by atoms with Crippen LogP contribution < -0.4 is 5.32 Å². The van der Waals surface area contributed by atoms with Gasteiger partial charge in [0.15, 0.2) is 5.82 Å². The first-order valence-corrected chi connectivity index (χ1v) is 9.89. The lowest BCUT2D eigenvalue weighted by Gasteiger charge is -2.15. The predicted octanol–water partition coefficient (Wildman–Crippen LogP) is 4.37. The van der Waals surface area contributed by atoms with Gasteiger partial charge in [-0.05, 0) is 44.4 Å². The topological polar surface area (TPSA) is 70.7 Å². The van der Waals surface area contributed by atoms with E-state index in [1.54, 1.807) is 0 Å². The Morgan fingerprint density at radius 3 is 2.56 bits per heavy atom. The molecule has 140 valence electrons. The Hall–Kier alpha value is -2.60. The Morgan fingerprint density at radius 1 is 1.11 bits per heavy atom. The maximum atomic E-state index is 12.3. The number of nitrogens with one attached hydrogen (secondary N) is 2. The van der Waals surface area contributed by atoms with E-state index in [-0.39, 0.29) is 17.7 Å². The van der Waals surface area contributed by atoms with Crippen molar-refractivity contribution in [1.82, 2.24) is 20.5 Å². The van der Waals surface area contributed by atoms with Crippen molar-refractivity contribution in [3.8, 4) is 11.4 Å². The first-order valence-electron chi connectivity index (χ1n) is 8.91. The van der Waals surface area contributed by atoms with Crippen LogP contribution in [0.1, 0.15) is 35.2 Å². The second kappa shape index (κ2) is 8.39. The van der Waals surface area contributed by atoms with Crippen molar-refractivity contribution in [3.63, 3.8) is 0 Å². The maximum absolute atomic E-state index is 12.3. The highest BCUT2D eigenvalue weighted by molar-refractivity contribution is 7.99. The zero-order valence-corrected chi connectivity index (χ0v) is 16.9. The molecule has 0 aliphatic carbocycles. The van der Waals surface area contributed by atoms with Crippen molar-refractivity contribution in [1.29, 1.82) is 0 Å². The number of H-pyrrole nitrogens is 1. The molecule has 1 amide bonds. The molecule has 3 aromatic rings. The molecule has 1 unspecified atom stereocenters. The molecule has 0 saturated heterocycles. The van der Waals surface area contributed by atoms with Gasteiger partial charge in [-0.3, -0.25) is 9.89 Å². The largest absolute Gasteiger partial charge is 0.349 e. The van der Waals surface area contributed by atoms with E-state index in [4.69, 9.17) is 0 Å². The zero-order chi connectivity index (χ0) is 19.4. The Morgan fingerprint density at radius 2 is 1.85 bits per heavy atom. The maximum Gasteiger partial charge on any atom is 0.230 e. The quantitative estimate of drug-likeness (QED) is 0.623. The van der Waals surface area contributed by atoms with Crippen LogP contribution in [-0.2, 0) is 4.79 Å². The van der Waals surface area contributed by atoms with Crippen LogP contribution in [0.4, 0.5) is 0 Å². The molecule has 0 aliphatic heterocycles. The molecule has 0 radical (unpaired) electrons. The molecule has 1 heterocycles. The van der Waals surface area contributed by atoms with Crippen molar-refractivity contribution in [2.45, 2.75) is 38.9 Å². The number of hydrogen-bond donors (Lipinski definition) is 2. The Balaban J connectivity index is 1.54. The lowest BCUT2D eigenvalue weighted by molar-refractivity contribution is -0.119. The van der Waals surface area contributed by atoms with Gasteiger partial charge in [0, 0.05) is 5.56 Å². The van der Waals surface area contributed by atoms with Crippen LogP contribution in [0.3, 0.4) is 0 Å². The molecule has 0 saturated carbocycles. The molecular weight excluding hydrogens is 356 g/mol. The molecule has 6 heteroatoms. The van der Waals surface area contributed by atoms with E-state index in [0.717, 1.165) is 11.1 Å². The van der Waals surface area contributed by atoms with Gasteiger partial charge in [0.2, 0.25) is 11.1 Å². The molecule has 1 atom stereocenters. The third-order valence-electron chi connectivity index (χ3n) is 4.53. The Labute approximate surface area is 164 Å². The number of carbonyl (C=O) groups excluding carboxylic acids is 1. The lowest BCUT2D eigenvalue weighted by Crippen LogP contribution is -2.28. The average molecular weight is 381 g/mol. The number of amides is 1. The van der Waals surface area contributed by atoms with E-state index >= 15 is 0 Å². The highest BCUT2D eigenvalue weighted by atomic mass is 32.2. The van der Waals surface area contributed by atoms with Crippen molar-refractivity contribution < 1.29 is 4.79 Å². The molecule has 3 rings (SSSR count). The zero-order valence-electron chi connectivity index (χ0n) is 16.0. The molecule has 0 spiro atoms. The monoisotopic (exact) mass is 380 g/mol. The highest BCUT2D eigenvalue weighted by Crippen LogP contribution is 2.20. The number of carbonyl (C=O) groups is 1. The second-order valence-electron chi connectivity index (χ2n) is 6.75. The normalized spacial score (nSPS) is 12.0. The fourth-order valence-electron chi connectivity index (χ4n) is 2.68. The summed E-state index contributed by atoms with van der Waals surface area (Å²) in [5, 5.41) is 10.7. The molecular formula is C21H24N4OS. The fraction of sp³-hybridized carbons (Fsp3) is 0.286. The second-order valence-corrected chi connectivity index (χ2v) is 7.70. The summed E-state index contributed by atoms with van der Waals surface area (Å²) in [6, 6.07) is 14.3. The van der Waals surface area contributed by atoms with Gasteiger partial charge >= 0.3 is 0 Å². The van der Waals surface area contributed by atoms with Gasteiger partial charge in [0.05, 0.1) is 11.8 Å². The standard InChI is InChI=1S/C21H24N4OS/c1-13-5-8-17(9-6-13)20-23-21(25-24-20)27-12-19(26)22-16(4)18-10-7-14(2)15(3)11-18/h5-11,16H,12H2,1-4H3,(H,22,26)(H,23,24,25). The van der Waals surface area contributed by atoms with Gasteiger partial charge in [-0.15, -0.1) is 5.10 Å². The number of benzene rings is 2. The minimum absolute atomic E-state index is 0.0346. The molecule has 27 heavy (non-hydrogen) atoms. The van der Waals surface area contributed by atoms with Crippen molar-refractivity contribution in [3.05, 3.63) is 64.7 Å². The summed E-state index contributed by atoms with van der Waals surface area (Å²) in [7, 11) is 0. The van der Waals surface area contributed by atoms with Gasteiger partial charge in [0.1, 0.15) is 0 Å². The molecule has 5 nitrogen and oxygen atoms in total. The molecule has 0 fully saturated rings. The first kappa shape index (κ1) is 19.2. The Bertz CT molecular complexity index is 934. The summed E-state index contributed by atoms with van der Waals surface area (Å²) in [6.45, 7) is 8.21. The number of rotatable bonds is 6. The van der Waals surface area contributed by atoms with E-state index in [2.05, 4.69) is 52.5 Å². The molecule has 1 aromatic heterocycles. The summed E-state index contributed by atoms with van der Waals surface area (Å²) in [4.78, 5) is 16.7. The average Bonchev–Trinajstić information content (AvgIpc) is 3.12. The summed E-state index contributed by atoms with van der Waals surface area (Å²) in [5.74, 6) is 0.953. The Kier molecular flexibility index (Phi) is 5.96. The SMILES string of the molecule is Cc1ccc(-c2nc(SCC(=O)NC(C)c3ccc(C)c(C)c3)n[nH]2)cc1. The van der Waals surface area contributed by atoms with E-state index in [9.17, 15) is 4.79 Å². The van der Waals surface area contributed by atoms with Crippen LogP contribution in [0, 0.1) is 20.8 Å². The number of hydrogen-bond acceptors (Lipinski definition) is 4. The molecule has 0 aliphatic rings. The summed E-state index contributed by atoms with van der Waals surface area (Å²) in [6.07, 6.45) is 0. The lowest BCUT2D eigenvalue weighted by atomic mass is 10.0. The number of thioether (sulfide) groups is 1. The van der Waals surface area contributed by atoms with Gasteiger partial charge in [-0.25, -0.2) is 4.98 Å². The molecule has 2 N–H and O–H groups in total. The van der Waals surface area contributed by atoms with Crippen LogP contribution >= 0.6 is 11.8 Å². The van der Waals surface area contributed by atoms with Gasteiger partial charge < -0.3 is 5.32 Å². The van der Waals surface area contributed by atoms with Crippen LogP contribution in [-0.4, -0.2) is 26.8 Å². The van der Waals surface area contributed by atoms with Crippen LogP contribution in [0.5, 0.6) is 0 Å². The fourth-order valence-corrected chi connectivity index (χ4v) is 3.29. The summed E-state index contributed by atoms with van der Waals surface area (Å²) in [5.41, 5.74) is 5.76. The van der Waals surface area contributed by atoms with Gasteiger partial charge in [-0.2, -0.15) is 0 Å². The van der Waals surface area contributed by atoms with Gasteiger partial charge in [-0.1, -0.05) is 59.8 Å². The number of nitrogens with zero attached hydrogens (tertiary/aromatic N) is 2. The third kappa shape index (κ3) is 4.98. The smallest absolute Gasteiger partial charge is 0.230 e. The summed E-state index contributed by atoms with van der Waals surface area (Å²) < 4.78 is 0. The van der Waals surface area contributed by atoms with E-state index < -0.39 is 0 Å². The van der Waals surface area contributed by atoms with E-state index in [0.29, 0.717) is 11.0 Å². The van der Waals surface area contributed by atoms with Crippen molar-refractivity contribution in [2.24, 2.45) is 0 Å². The number of aryl methyl sites for hydroxylation is 3. The van der Waals surface area contributed by atoms with Crippen LogP contribution in [0.25, 0.3) is 11.4 Å². The first-order chi connectivity index (χ1) is 12.9. The van der Waals surface area contributed by atoms with E-state index in [1.807, 2.05) is 38.1 Å². The molecule has 0 bridgehead atoms. The van der Waals surface area contributed by atoms with Crippen molar-refractivity contribution >= 4 is 17.7 Å². The minimum Gasteiger partial charge on any atom is -0.349 e.